The van der Waals surface area contributed by atoms with Crippen LogP contribution in [-0.2, 0) is 4.74 Å². The molecule has 1 aliphatic heterocycles. The van der Waals surface area contributed by atoms with E-state index >= 15 is 0 Å². The number of aromatic hydroxyl groups is 1. The number of hydrogen-bond acceptors (Lipinski definition) is 5. The molecule has 0 saturated carbocycles. The fraction of sp³-hybridized carbons (Fsp3) is 0.714. The summed E-state index contributed by atoms with van der Waals surface area (Å²) in [7, 11) is 0. The number of hydrogen-bond donors (Lipinski definition) is 2. The van der Waals surface area contributed by atoms with Crippen molar-refractivity contribution in [2.24, 2.45) is 0 Å². The van der Waals surface area contributed by atoms with Crippen molar-refractivity contribution in [3.05, 3.63) is 21.7 Å². The van der Waals surface area contributed by atoms with Gasteiger partial charge in [0.2, 0.25) is 5.88 Å². The lowest BCUT2D eigenvalue weighted by Crippen LogP contribution is -2.43. The Morgan fingerprint density at radius 2 is 2.10 bits per heavy atom. The van der Waals surface area contributed by atoms with Crippen LogP contribution in [0.3, 0.4) is 0 Å². The van der Waals surface area contributed by atoms with Crippen molar-refractivity contribution in [1.29, 1.82) is 0 Å². The molecule has 0 bridgehead atoms. The topological polar surface area (TPSA) is 78.5 Å². The van der Waals surface area contributed by atoms with Crippen molar-refractivity contribution < 1.29 is 9.84 Å². The highest BCUT2D eigenvalue weighted by Crippen LogP contribution is 2.24. The zero-order chi connectivity index (χ0) is 14.9. The van der Waals surface area contributed by atoms with Crippen LogP contribution < -0.4 is 5.56 Å². The summed E-state index contributed by atoms with van der Waals surface area (Å²) in [6.45, 7) is 10.1. The van der Waals surface area contributed by atoms with Crippen LogP contribution >= 0.6 is 0 Å². The van der Waals surface area contributed by atoms with E-state index in [1.807, 2.05) is 13.8 Å². The highest BCUT2D eigenvalue weighted by Gasteiger charge is 2.26. The van der Waals surface area contributed by atoms with E-state index in [-0.39, 0.29) is 23.5 Å². The number of morpholine rings is 1. The van der Waals surface area contributed by atoms with E-state index in [1.54, 1.807) is 0 Å². The molecule has 2 rings (SSSR count). The molecule has 1 atom stereocenters. The third-order valence-corrected chi connectivity index (χ3v) is 3.66. The Hall–Kier alpha value is -1.40. The van der Waals surface area contributed by atoms with Gasteiger partial charge in [-0.2, -0.15) is 4.98 Å². The first-order chi connectivity index (χ1) is 9.40. The summed E-state index contributed by atoms with van der Waals surface area (Å²) < 4.78 is 5.67. The number of rotatable bonds is 3. The van der Waals surface area contributed by atoms with E-state index in [0.29, 0.717) is 30.6 Å². The van der Waals surface area contributed by atoms with Gasteiger partial charge in [0.1, 0.15) is 11.9 Å². The molecule has 1 aliphatic rings. The minimum absolute atomic E-state index is 0.0697. The van der Waals surface area contributed by atoms with Crippen LogP contribution in [0.4, 0.5) is 0 Å². The van der Waals surface area contributed by atoms with Gasteiger partial charge in [0.05, 0.1) is 12.2 Å². The molecule has 2 heterocycles. The number of nitrogens with zero attached hydrogens (tertiary/aromatic N) is 2. The van der Waals surface area contributed by atoms with Crippen molar-refractivity contribution in [3.8, 4) is 5.88 Å². The van der Waals surface area contributed by atoms with Gasteiger partial charge in [-0.1, -0.05) is 13.8 Å². The first-order valence-electron chi connectivity index (χ1n) is 7.08. The molecule has 6 heteroatoms. The van der Waals surface area contributed by atoms with Gasteiger partial charge in [-0.15, -0.1) is 0 Å². The molecule has 1 saturated heterocycles. The van der Waals surface area contributed by atoms with Crippen molar-refractivity contribution in [2.45, 2.75) is 45.8 Å². The monoisotopic (exact) mass is 281 g/mol. The van der Waals surface area contributed by atoms with Crippen molar-refractivity contribution in [3.63, 3.8) is 0 Å². The summed E-state index contributed by atoms with van der Waals surface area (Å²) in [6.07, 6.45) is -0.300. The van der Waals surface area contributed by atoms with Gasteiger partial charge in [-0.3, -0.25) is 9.69 Å². The standard InChI is InChI=1S/C14H23N3O3/c1-8(2)11-13(18)15-12(16-14(11)19)10-7-17(9(3)4)5-6-20-10/h8-10H,5-7H2,1-4H3,(H2,15,16,18,19). The molecule has 112 valence electrons. The number of H-pyrrole nitrogens is 1. The second kappa shape index (κ2) is 5.93. The molecule has 20 heavy (non-hydrogen) atoms. The number of ether oxygens (including phenoxy) is 1. The van der Waals surface area contributed by atoms with Crippen LogP contribution in [0.5, 0.6) is 5.88 Å². The Kier molecular flexibility index (Phi) is 4.45. The van der Waals surface area contributed by atoms with Gasteiger partial charge in [0.25, 0.3) is 5.56 Å². The lowest BCUT2D eigenvalue weighted by atomic mass is 10.1. The van der Waals surface area contributed by atoms with E-state index in [1.165, 1.54) is 0 Å². The first kappa shape index (κ1) is 15.0. The molecule has 2 N–H and O–H groups in total. The maximum absolute atomic E-state index is 12.0. The van der Waals surface area contributed by atoms with Gasteiger partial charge in [-0.05, 0) is 19.8 Å². The van der Waals surface area contributed by atoms with Crippen LogP contribution in [0, 0.1) is 0 Å². The smallest absolute Gasteiger partial charge is 0.258 e. The largest absolute Gasteiger partial charge is 0.493 e. The molecule has 0 spiro atoms. The predicted molar refractivity (Wildman–Crippen MR) is 76.0 cm³/mol. The van der Waals surface area contributed by atoms with Crippen LogP contribution in [0.15, 0.2) is 4.79 Å². The zero-order valence-electron chi connectivity index (χ0n) is 12.5. The minimum atomic E-state index is -0.300. The molecule has 0 amide bonds. The molecule has 0 aromatic carbocycles. The Bertz CT molecular complexity index is 525. The van der Waals surface area contributed by atoms with Gasteiger partial charge >= 0.3 is 0 Å². The Morgan fingerprint density at radius 3 is 2.65 bits per heavy atom. The second-order valence-corrected chi connectivity index (χ2v) is 5.79. The first-order valence-corrected chi connectivity index (χ1v) is 7.08. The highest BCUT2D eigenvalue weighted by molar-refractivity contribution is 5.26. The summed E-state index contributed by atoms with van der Waals surface area (Å²) >= 11 is 0. The number of nitrogens with one attached hydrogen (secondary N) is 1. The Labute approximate surface area is 118 Å². The Morgan fingerprint density at radius 1 is 1.40 bits per heavy atom. The molecular weight excluding hydrogens is 258 g/mol. The SMILES string of the molecule is CC(C)c1c(O)nc(C2CN(C(C)C)CCO2)[nH]c1=O. The quantitative estimate of drug-likeness (QED) is 0.875. The fourth-order valence-corrected chi connectivity index (χ4v) is 2.46. The summed E-state index contributed by atoms with van der Waals surface area (Å²) in [4.78, 5) is 21.2. The highest BCUT2D eigenvalue weighted by atomic mass is 16.5. The molecule has 0 radical (unpaired) electrons. The minimum Gasteiger partial charge on any atom is -0.493 e. The Balaban J connectivity index is 2.27. The van der Waals surface area contributed by atoms with E-state index in [2.05, 4.69) is 28.7 Å². The second-order valence-electron chi connectivity index (χ2n) is 5.79. The average Bonchev–Trinajstić information content (AvgIpc) is 2.37. The molecule has 1 aromatic rings. The summed E-state index contributed by atoms with van der Waals surface area (Å²) in [6, 6.07) is 0.414. The number of aromatic amines is 1. The van der Waals surface area contributed by atoms with Crippen molar-refractivity contribution >= 4 is 0 Å². The molecule has 1 aromatic heterocycles. The van der Waals surface area contributed by atoms with Crippen molar-refractivity contribution in [2.75, 3.05) is 19.7 Å². The molecule has 1 fully saturated rings. The summed E-state index contributed by atoms with van der Waals surface area (Å²) in [5.41, 5.74) is 0.0399. The molecule has 6 nitrogen and oxygen atoms in total. The van der Waals surface area contributed by atoms with Crippen LogP contribution in [0.25, 0.3) is 0 Å². The number of aromatic nitrogens is 2. The van der Waals surface area contributed by atoms with E-state index in [4.69, 9.17) is 4.74 Å². The molecule has 1 unspecified atom stereocenters. The van der Waals surface area contributed by atoms with Crippen LogP contribution in [0.2, 0.25) is 0 Å². The van der Waals surface area contributed by atoms with Gasteiger partial charge in [0.15, 0.2) is 0 Å². The zero-order valence-corrected chi connectivity index (χ0v) is 12.5. The maximum atomic E-state index is 12.0. The van der Waals surface area contributed by atoms with Gasteiger partial charge in [-0.25, -0.2) is 0 Å². The normalized spacial score (nSPS) is 20.8. The predicted octanol–water partition coefficient (Wildman–Crippen LogP) is 1.38. The third-order valence-electron chi connectivity index (χ3n) is 3.66. The van der Waals surface area contributed by atoms with Crippen LogP contribution in [-0.4, -0.2) is 45.7 Å². The average molecular weight is 281 g/mol. The lowest BCUT2D eigenvalue weighted by Gasteiger charge is -2.34. The molecule has 0 aliphatic carbocycles. The van der Waals surface area contributed by atoms with E-state index in [0.717, 1.165) is 6.54 Å². The van der Waals surface area contributed by atoms with E-state index in [9.17, 15) is 9.90 Å². The van der Waals surface area contributed by atoms with Gasteiger partial charge in [0, 0.05) is 19.1 Å². The third kappa shape index (κ3) is 3.02. The fourth-order valence-electron chi connectivity index (χ4n) is 2.46. The summed E-state index contributed by atoms with van der Waals surface area (Å²) in [5.74, 6) is 0.144. The summed E-state index contributed by atoms with van der Waals surface area (Å²) in [5, 5.41) is 9.95. The van der Waals surface area contributed by atoms with E-state index < -0.39 is 0 Å². The maximum Gasteiger partial charge on any atom is 0.258 e. The molecular formula is C14H23N3O3. The van der Waals surface area contributed by atoms with Crippen molar-refractivity contribution in [1.82, 2.24) is 14.9 Å². The van der Waals surface area contributed by atoms with Crippen LogP contribution in [0.1, 0.15) is 51.1 Å². The lowest BCUT2D eigenvalue weighted by molar-refractivity contribution is -0.0446. The van der Waals surface area contributed by atoms with Gasteiger partial charge < -0.3 is 14.8 Å².